The highest BCUT2D eigenvalue weighted by atomic mass is 35.5. The quantitative estimate of drug-likeness (QED) is 0.705. The predicted octanol–water partition coefficient (Wildman–Crippen LogP) is 3.87. The van der Waals surface area contributed by atoms with E-state index < -0.39 is 23.4 Å². The van der Waals surface area contributed by atoms with Crippen LogP contribution in [0.25, 0.3) is 0 Å². The normalized spacial score (nSPS) is 18.7. The number of anilines is 1. The Morgan fingerprint density at radius 1 is 1.07 bits per heavy atom. The second kappa shape index (κ2) is 8.25. The zero-order valence-electron chi connectivity index (χ0n) is 16.7. The van der Waals surface area contributed by atoms with Gasteiger partial charge in [-0.15, -0.1) is 0 Å². The monoisotopic (exact) mass is 413 g/mol. The molecule has 152 valence electrons. The first-order chi connectivity index (χ1) is 13.8. The summed E-state index contributed by atoms with van der Waals surface area (Å²) in [7, 11) is 0. The Balaban J connectivity index is 1.79. The number of aryl methyl sites for hydroxylation is 2. The standard InChI is InChI=1S/C22H24ClN3O3/c1-4-14-7-6-8-15(5-2)19(14)24-18(27)13-26-20(28)22(3,25-21(26)29)16-9-11-17(23)12-10-16/h6-12H,4-5,13H2,1-3H3,(H,24,27)(H,25,29)/t22-/m0/s1. The number of amides is 4. The molecule has 1 aliphatic heterocycles. The van der Waals surface area contributed by atoms with Gasteiger partial charge in [-0.05, 0) is 48.6 Å². The fourth-order valence-corrected chi connectivity index (χ4v) is 3.67. The van der Waals surface area contributed by atoms with Crippen molar-refractivity contribution in [3.63, 3.8) is 0 Å². The van der Waals surface area contributed by atoms with Crippen LogP contribution in [0.1, 0.15) is 37.5 Å². The van der Waals surface area contributed by atoms with Crippen molar-refractivity contribution < 1.29 is 14.4 Å². The van der Waals surface area contributed by atoms with Gasteiger partial charge in [0.05, 0.1) is 0 Å². The Kier molecular flexibility index (Phi) is 5.94. The minimum atomic E-state index is -1.24. The first-order valence-corrected chi connectivity index (χ1v) is 9.98. The maximum absolute atomic E-state index is 13.0. The molecule has 0 saturated carbocycles. The maximum atomic E-state index is 13.0. The molecule has 0 unspecified atom stereocenters. The van der Waals surface area contributed by atoms with E-state index in [4.69, 9.17) is 11.6 Å². The van der Waals surface area contributed by atoms with E-state index in [2.05, 4.69) is 10.6 Å². The van der Waals surface area contributed by atoms with E-state index in [0.29, 0.717) is 10.6 Å². The van der Waals surface area contributed by atoms with E-state index in [1.54, 1.807) is 31.2 Å². The second-order valence-corrected chi connectivity index (χ2v) is 7.60. The summed E-state index contributed by atoms with van der Waals surface area (Å²) in [5, 5.41) is 6.12. The van der Waals surface area contributed by atoms with Crippen molar-refractivity contribution in [2.24, 2.45) is 0 Å². The molecule has 0 bridgehead atoms. The number of para-hydroxylation sites is 1. The number of nitrogens with one attached hydrogen (secondary N) is 2. The molecule has 1 atom stereocenters. The predicted molar refractivity (Wildman–Crippen MR) is 113 cm³/mol. The van der Waals surface area contributed by atoms with Gasteiger partial charge in [0.15, 0.2) is 0 Å². The number of urea groups is 1. The van der Waals surface area contributed by atoms with Crippen molar-refractivity contribution >= 4 is 35.1 Å². The fraction of sp³-hybridized carbons (Fsp3) is 0.318. The molecule has 2 aromatic carbocycles. The van der Waals surface area contributed by atoms with Crippen molar-refractivity contribution in [1.29, 1.82) is 0 Å². The molecule has 2 aromatic rings. The lowest BCUT2D eigenvalue weighted by Crippen LogP contribution is -2.42. The van der Waals surface area contributed by atoms with Crippen LogP contribution < -0.4 is 10.6 Å². The van der Waals surface area contributed by atoms with Crippen LogP contribution in [0.15, 0.2) is 42.5 Å². The second-order valence-electron chi connectivity index (χ2n) is 7.16. The van der Waals surface area contributed by atoms with Gasteiger partial charge in [0.1, 0.15) is 12.1 Å². The van der Waals surface area contributed by atoms with Crippen LogP contribution >= 0.6 is 11.6 Å². The molecule has 29 heavy (non-hydrogen) atoms. The molecular formula is C22H24ClN3O3. The Morgan fingerprint density at radius 3 is 2.21 bits per heavy atom. The van der Waals surface area contributed by atoms with Gasteiger partial charge in [-0.3, -0.25) is 14.5 Å². The summed E-state index contributed by atoms with van der Waals surface area (Å²) in [6.45, 7) is 5.30. The number of carbonyl (C=O) groups is 3. The number of rotatable bonds is 6. The largest absolute Gasteiger partial charge is 0.325 e. The lowest BCUT2D eigenvalue weighted by atomic mass is 9.92. The number of halogens is 1. The van der Waals surface area contributed by atoms with Crippen molar-refractivity contribution in [2.75, 3.05) is 11.9 Å². The van der Waals surface area contributed by atoms with Gasteiger partial charge < -0.3 is 10.6 Å². The molecule has 1 fully saturated rings. The van der Waals surface area contributed by atoms with Gasteiger partial charge in [0.2, 0.25) is 5.91 Å². The zero-order valence-corrected chi connectivity index (χ0v) is 17.5. The molecule has 0 spiro atoms. The molecule has 1 saturated heterocycles. The molecule has 0 aliphatic carbocycles. The van der Waals surface area contributed by atoms with Crippen molar-refractivity contribution in [3.05, 3.63) is 64.2 Å². The third kappa shape index (κ3) is 3.98. The van der Waals surface area contributed by atoms with Crippen LogP contribution in [0, 0.1) is 0 Å². The summed E-state index contributed by atoms with van der Waals surface area (Å²) >= 11 is 5.92. The Hall–Kier alpha value is -2.86. The molecular weight excluding hydrogens is 390 g/mol. The number of hydrogen-bond acceptors (Lipinski definition) is 3. The first kappa shape index (κ1) is 20.9. The van der Waals surface area contributed by atoms with E-state index >= 15 is 0 Å². The van der Waals surface area contributed by atoms with Crippen LogP contribution in [0.4, 0.5) is 10.5 Å². The number of benzene rings is 2. The Bertz CT molecular complexity index is 936. The van der Waals surface area contributed by atoms with Gasteiger partial charge in [0.25, 0.3) is 5.91 Å². The van der Waals surface area contributed by atoms with E-state index in [1.807, 2.05) is 32.0 Å². The molecule has 0 aromatic heterocycles. The molecule has 4 amide bonds. The minimum Gasteiger partial charge on any atom is -0.324 e. The van der Waals surface area contributed by atoms with Gasteiger partial charge in [-0.25, -0.2) is 4.79 Å². The lowest BCUT2D eigenvalue weighted by Gasteiger charge is -2.22. The molecule has 6 nitrogen and oxygen atoms in total. The summed E-state index contributed by atoms with van der Waals surface area (Å²) in [5.41, 5.74) is 2.15. The highest BCUT2D eigenvalue weighted by Crippen LogP contribution is 2.30. The summed E-state index contributed by atoms with van der Waals surface area (Å²) in [4.78, 5) is 39.1. The van der Waals surface area contributed by atoms with Crippen molar-refractivity contribution in [2.45, 2.75) is 39.2 Å². The first-order valence-electron chi connectivity index (χ1n) is 9.61. The third-order valence-corrected chi connectivity index (χ3v) is 5.51. The van der Waals surface area contributed by atoms with Crippen LogP contribution in [-0.4, -0.2) is 29.3 Å². The molecule has 2 N–H and O–H groups in total. The van der Waals surface area contributed by atoms with Crippen LogP contribution in [0.5, 0.6) is 0 Å². The zero-order chi connectivity index (χ0) is 21.2. The molecule has 0 radical (unpaired) electrons. The smallest absolute Gasteiger partial charge is 0.324 e. The van der Waals surface area contributed by atoms with E-state index in [-0.39, 0.29) is 6.54 Å². The molecule has 1 heterocycles. The SMILES string of the molecule is CCc1cccc(CC)c1NC(=O)CN1C(=O)N[C@@](C)(c2ccc(Cl)cc2)C1=O. The average molecular weight is 414 g/mol. The topological polar surface area (TPSA) is 78.5 Å². The number of nitrogens with zero attached hydrogens (tertiary/aromatic N) is 1. The van der Waals surface area contributed by atoms with Crippen molar-refractivity contribution in [3.8, 4) is 0 Å². The highest BCUT2D eigenvalue weighted by molar-refractivity contribution is 6.30. The summed E-state index contributed by atoms with van der Waals surface area (Å²) < 4.78 is 0. The Labute approximate surface area is 175 Å². The summed E-state index contributed by atoms with van der Waals surface area (Å²) in [6.07, 6.45) is 1.53. The van der Waals surface area contributed by atoms with Gasteiger partial charge >= 0.3 is 6.03 Å². The number of carbonyl (C=O) groups excluding carboxylic acids is 3. The third-order valence-electron chi connectivity index (χ3n) is 5.26. The van der Waals surface area contributed by atoms with Gasteiger partial charge in [-0.1, -0.05) is 55.8 Å². The molecule has 3 rings (SSSR count). The maximum Gasteiger partial charge on any atom is 0.325 e. The van der Waals surface area contributed by atoms with E-state index in [1.165, 1.54) is 0 Å². The van der Waals surface area contributed by atoms with Crippen molar-refractivity contribution in [1.82, 2.24) is 10.2 Å². The summed E-state index contributed by atoms with van der Waals surface area (Å²) in [5.74, 6) is -0.885. The van der Waals surface area contributed by atoms with E-state index in [0.717, 1.165) is 34.6 Å². The van der Waals surface area contributed by atoms with Crippen LogP contribution in [0.2, 0.25) is 5.02 Å². The summed E-state index contributed by atoms with van der Waals surface area (Å²) in [6, 6.07) is 12.0. The van der Waals surface area contributed by atoms with E-state index in [9.17, 15) is 14.4 Å². The molecule has 1 aliphatic rings. The number of hydrogen-bond donors (Lipinski definition) is 2. The Morgan fingerprint density at radius 2 is 1.66 bits per heavy atom. The average Bonchev–Trinajstić information content (AvgIpc) is 2.92. The lowest BCUT2D eigenvalue weighted by molar-refractivity contribution is -0.133. The van der Waals surface area contributed by atoms with Gasteiger partial charge in [-0.2, -0.15) is 0 Å². The minimum absolute atomic E-state index is 0.352. The highest BCUT2D eigenvalue weighted by Gasteiger charge is 2.49. The number of imide groups is 1. The van der Waals surface area contributed by atoms with Crippen LogP contribution in [0.3, 0.4) is 0 Å². The fourth-order valence-electron chi connectivity index (χ4n) is 3.55. The van der Waals surface area contributed by atoms with Gasteiger partial charge in [0, 0.05) is 10.7 Å². The molecule has 7 heteroatoms. The van der Waals surface area contributed by atoms with Crippen LogP contribution in [-0.2, 0) is 28.0 Å².